The molecule has 156 valence electrons. The molecule has 0 spiro atoms. The van der Waals surface area contributed by atoms with E-state index in [1.165, 1.54) is 0 Å². The van der Waals surface area contributed by atoms with Crippen LogP contribution in [0.2, 0.25) is 0 Å². The number of hydrogen-bond donors (Lipinski definition) is 2. The van der Waals surface area contributed by atoms with Crippen molar-refractivity contribution in [1.29, 1.82) is 0 Å². The Balaban J connectivity index is 0.00000256. The van der Waals surface area contributed by atoms with E-state index in [0.29, 0.717) is 29.1 Å². The highest BCUT2D eigenvalue weighted by molar-refractivity contribution is 5.99. The molecule has 1 saturated carbocycles. The van der Waals surface area contributed by atoms with Gasteiger partial charge in [0.2, 0.25) is 5.91 Å². The molecule has 1 aliphatic carbocycles. The lowest BCUT2D eigenvalue weighted by molar-refractivity contribution is -0.115. The van der Waals surface area contributed by atoms with Gasteiger partial charge in [0.25, 0.3) is 0 Å². The summed E-state index contributed by atoms with van der Waals surface area (Å²) in [6.07, 6.45) is 7.50. The smallest absolute Gasteiger partial charge is 0.245 e. The monoisotopic (exact) mass is 399 g/mol. The van der Waals surface area contributed by atoms with Gasteiger partial charge in [-0.3, -0.25) is 9.78 Å². The van der Waals surface area contributed by atoms with Crippen molar-refractivity contribution >= 4 is 17.5 Å². The van der Waals surface area contributed by atoms with E-state index in [1.54, 1.807) is 39.4 Å². The van der Waals surface area contributed by atoms with Gasteiger partial charge in [-0.15, -0.1) is 0 Å². The molecule has 0 atom stereocenters. The Morgan fingerprint density at radius 3 is 2.59 bits per heavy atom. The number of amides is 1. The highest BCUT2D eigenvalue weighted by atomic mass is 16.5. The fraction of sp³-hybridized carbons (Fsp3) is 0.524. The van der Waals surface area contributed by atoms with Crippen LogP contribution in [0.3, 0.4) is 0 Å². The number of nitrogens with one attached hydrogen (secondary N) is 1. The van der Waals surface area contributed by atoms with E-state index in [1.807, 2.05) is 6.07 Å². The highest BCUT2D eigenvalue weighted by Crippen LogP contribution is 2.34. The van der Waals surface area contributed by atoms with Crippen LogP contribution in [0.15, 0.2) is 24.5 Å². The first-order valence-electron chi connectivity index (χ1n) is 10.0. The quantitative estimate of drug-likeness (QED) is 0.815. The van der Waals surface area contributed by atoms with Crippen LogP contribution in [0.25, 0.3) is 11.3 Å². The molecular formula is C21H29N5O3. The van der Waals surface area contributed by atoms with Gasteiger partial charge in [-0.05, 0) is 51.7 Å². The van der Waals surface area contributed by atoms with Crippen LogP contribution in [0.5, 0.6) is 0 Å². The minimum absolute atomic E-state index is 0. The molecule has 1 fully saturated rings. The van der Waals surface area contributed by atoms with Gasteiger partial charge in [-0.25, -0.2) is 9.97 Å². The molecule has 0 radical (unpaired) electrons. The number of aliphatic hydroxyl groups is 1. The van der Waals surface area contributed by atoms with Crippen LogP contribution < -0.4 is 10.2 Å². The average Bonchev–Trinajstić information content (AvgIpc) is 2.72. The molecule has 2 aliphatic rings. The Morgan fingerprint density at radius 2 is 1.97 bits per heavy atom. The maximum absolute atomic E-state index is 12.2. The topological polar surface area (TPSA) is 100 Å². The molecule has 1 amide bonds. The minimum Gasteiger partial charge on any atom is -0.384 e. The van der Waals surface area contributed by atoms with Crippen molar-refractivity contribution in [3.63, 3.8) is 0 Å². The summed E-state index contributed by atoms with van der Waals surface area (Å²) in [5.41, 5.74) is 1.09. The summed E-state index contributed by atoms with van der Waals surface area (Å²) < 4.78 is 5.48. The van der Waals surface area contributed by atoms with Crippen LogP contribution in [0.1, 0.15) is 46.7 Å². The molecule has 8 nitrogen and oxygen atoms in total. The van der Waals surface area contributed by atoms with E-state index in [9.17, 15) is 9.90 Å². The third-order valence-corrected chi connectivity index (χ3v) is 5.70. The van der Waals surface area contributed by atoms with E-state index in [4.69, 9.17) is 9.72 Å². The normalized spacial score (nSPS) is 22.2. The van der Waals surface area contributed by atoms with E-state index < -0.39 is 5.60 Å². The molecule has 3 heterocycles. The van der Waals surface area contributed by atoms with Gasteiger partial charge in [-0.2, -0.15) is 0 Å². The average molecular weight is 399 g/mol. The second kappa shape index (κ2) is 7.68. The number of ether oxygens (including phenoxy) is 1. The van der Waals surface area contributed by atoms with E-state index in [2.05, 4.69) is 20.2 Å². The molecule has 2 aromatic heterocycles. The Bertz CT molecular complexity index is 893. The highest BCUT2D eigenvalue weighted by Gasteiger charge is 2.33. The predicted octanol–water partition coefficient (Wildman–Crippen LogP) is 2.73. The lowest BCUT2D eigenvalue weighted by atomic mass is 9.91. The van der Waals surface area contributed by atoms with E-state index >= 15 is 0 Å². The third-order valence-electron chi connectivity index (χ3n) is 5.70. The maximum Gasteiger partial charge on any atom is 0.245 e. The summed E-state index contributed by atoms with van der Waals surface area (Å²) >= 11 is 0. The molecule has 0 saturated heterocycles. The standard InChI is InChI=1S/C21H27N5O3.H2/c1-21(2,28)17-9-4-13(10-22-17)16-11-23-19-20(24-16)26(12-18(27)25-19)14-5-7-15(29-3)8-6-14;/h4,9-11,14-15,28H,5-8,12H2,1-3H3,(H,23,25,27);1H. The molecule has 29 heavy (non-hydrogen) atoms. The number of pyridine rings is 1. The zero-order valence-corrected chi connectivity index (χ0v) is 17.1. The number of anilines is 2. The Morgan fingerprint density at radius 1 is 1.21 bits per heavy atom. The maximum atomic E-state index is 12.2. The van der Waals surface area contributed by atoms with E-state index in [0.717, 1.165) is 31.2 Å². The molecule has 2 aromatic rings. The molecular weight excluding hydrogens is 370 g/mol. The molecule has 4 rings (SSSR count). The summed E-state index contributed by atoms with van der Waals surface area (Å²) in [4.78, 5) is 27.9. The molecule has 2 N–H and O–H groups in total. The van der Waals surface area contributed by atoms with Crippen molar-refractivity contribution < 1.29 is 16.1 Å². The molecule has 1 aliphatic heterocycles. The van der Waals surface area contributed by atoms with Crippen molar-refractivity contribution in [2.24, 2.45) is 0 Å². The van der Waals surface area contributed by atoms with Crippen LogP contribution in [-0.2, 0) is 15.1 Å². The number of rotatable bonds is 4. The lowest BCUT2D eigenvalue weighted by Gasteiger charge is -2.39. The van der Waals surface area contributed by atoms with Crippen LogP contribution in [-0.4, -0.2) is 51.8 Å². The largest absolute Gasteiger partial charge is 0.384 e. The Labute approximate surface area is 171 Å². The van der Waals surface area contributed by atoms with Crippen LogP contribution >= 0.6 is 0 Å². The summed E-state index contributed by atoms with van der Waals surface area (Å²) in [6.45, 7) is 3.68. The number of methoxy groups -OCH3 is 1. The van der Waals surface area contributed by atoms with Crippen LogP contribution in [0, 0.1) is 0 Å². The van der Waals surface area contributed by atoms with Gasteiger partial charge in [0.1, 0.15) is 5.60 Å². The molecule has 0 unspecified atom stereocenters. The number of hydrogen-bond acceptors (Lipinski definition) is 7. The SMILES string of the molecule is COC1CCC(N2CC(=O)Nc3ncc(-c4ccc(C(C)(C)O)nc4)nc32)CC1.[HH]. The first-order chi connectivity index (χ1) is 13.8. The number of fused-ring (bicyclic) bond motifs is 1. The Hall–Kier alpha value is -2.58. The van der Waals surface area contributed by atoms with Gasteiger partial charge in [-0.1, -0.05) is 0 Å². The van der Waals surface area contributed by atoms with E-state index in [-0.39, 0.29) is 19.9 Å². The number of nitrogens with zero attached hydrogens (tertiary/aromatic N) is 4. The van der Waals surface area contributed by atoms with Crippen LogP contribution in [0.4, 0.5) is 11.6 Å². The van der Waals surface area contributed by atoms with Crippen molar-refractivity contribution in [1.82, 2.24) is 15.0 Å². The van der Waals surface area contributed by atoms with Gasteiger partial charge in [0.05, 0.1) is 30.2 Å². The molecule has 0 aromatic carbocycles. The second-order valence-electron chi connectivity index (χ2n) is 8.26. The lowest BCUT2D eigenvalue weighted by Crippen LogP contribution is -2.47. The van der Waals surface area contributed by atoms with Gasteiger partial charge < -0.3 is 20.1 Å². The molecule has 0 bridgehead atoms. The number of aromatic nitrogens is 3. The molecule has 8 heteroatoms. The zero-order valence-electron chi connectivity index (χ0n) is 17.1. The van der Waals surface area contributed by atoms with Crippen molar-refractivity contribution in [2.75, 3.05) is 23.9 Å². The number of carbonyl (C=O) groups is 1. The predicted molar refractivity (Wildman–Crippen MR) is 112 cm³/mol. The van der Waals surface area contributed by atoms with Gasteiger partial charge in [0.15, 0.2) is 11.6 Å². The second-order valence-corrected chi connectivity index (χ2v) is 8.26. The first kappa shape index (κ1) is 19.7. The Kier molecular flexibility index (Phi) is 5.23. The summed E-state index contributed by atoms with van der Waals surface area (Å²) in [6, 6.07) is 3.92. The third kappa shape index (κ3) is 4.09. The zero-order chi connectivity index (χ0) is 20.6. The van der Waals surface area contributed by atoms with Crippen molar-refractivity contribution in [3.05, 3.63) is 30.2 Å². The first-order valence-corrected chi connectivity index (χ1v) is 10.0. The minimum atomic E-state index is -0.998. The number of carbonyl (C=O) groups excluding carboxylic acids is 1. The fourth-order valence-corrected chi connectivity index (χ4v) is 4.01. The van der Waals surface area contributed by atoms with Crippen molar-refractivity contribution in [3.8, 4) is 11.3 Å². The summed E-state index contributed by atoms with van der Waals surface area (Å²) in [5.74, 6) is 1.14. The van der Waals surface area contributed by atoms with Gasteiger partial charge in [0, 0.05) is 26.3 Å². The van der Waals surface area contributed by atoms with Gasteiger partial charge >= 0.3 is 0 Å². The summed E-state index contributed by atoms with van der Waals surface area (Å²) in [5, 5.41) is 12.9. The summed E-state index contributed by atoms with van der Waals surface area (Å²) in [7, 11) is 1.75. The fourth-order valence-electron chi connectivity index (χ4n) is 4.01. The van der Waals surface area contributed by atoms with Crippen molar-refractivity contribution in [2.45, 2.75) is 57.3 Å².